The van der Waals surface area contributed by atoms with E-state index in [4.69, 9.17) is 5.26 Å². The molecule has 3 aromatic carbocycles. The van der Waals surface area contributed by atoms with E-state index >= 15 is 0 Å². The number of hydrogen-bond acceptors (Lipinski definition) is 2. The highest BCUT2D eigenvalue weighted by Crippen LogP contribution is 2.18. The number of hydrogen-bond donors (Lipinski definition) is 2. The van der Waals surface area contributed by atoms with Crippen molar-refractivity contribution in [2.75, 3.05) is 11.9 Å². The van der Waals surface area contributed by atoms with Crippen LogP contribution in [0.15, 0.2) is 78.9 Å². The van der Waals surface area contributed by atoms with Gasteiger partial charge in [0.25, 0.3) is 5.91 Å². The zero-order valence-corrected chi connectivity index (χ0v) is 15.2. The van der Waals surface area contributed by atoms with E-state index in [-0.39, 0.29) is 18.5 Å². The molecule has 0 saturated heterocycles. The van der Waals surface area contributed by atoms with Crippen molar-refractivity contribution in [1.82, 2.24) is 0 Å². The van der Waals surface area contributed by atoms with Gasteiger partial charge in [0.1, 0.15) is 6.04 Å². The molecular weight excluding hydrogens is 334 g/mol. The first kappa shape index (κ1) is 18.4. The molecule has 0 spiro atoms. The third-order valence-electron chi connectivity index (χ3n) is 4.41. The lowest BCUT2D eigenvalue weighted by Crippen LogP contribution is -2.87. The summed E-state index contributed by atoms with van der Waals surface area (Å²) < 4.78 is 0. The average Bonchev–Trinajstić information content (AvgIpc) is 2.70. The van der Waals surface area contributed by atoms with E-state index in [1.165, 1.54) is 5.56 Å². The van der Waals surface area contributed by atoms with Crippen LogP contribution in [0.1, 0.15) is 28.3 Å². The number of nitriles is 1. The molecule has 0 radical (unpaired) electrons. The molecule has 0 unspecified atom stereocenters. The summed E-state index contributed by atoms with van der Waals surface area (Å²) in [6.07, 6.45) is 0. The van der Waals surface area contributed by atoms with Gasteiger partial charge < -0.3 is 10.6 Å². The molecule has 1 amide bonds. The molecule has 3 N–H and O–H groups in total. The van der Waals surface area contributed by atoms with E-state index in [1.807, 2.05) is 23.5 Å². The van der Waals surface area contributed by atoms with Crippen LogP contribution in [0.2, 0.25) is 0 Å². The fraction of sp³-hybridized carbons (Fsp3) is 0.130. The van der Waals surface area contributed by atoms with Crippen molar-refractivity contribution in [3.8, 4) is 6.07 Å². The quantitative estimate of drug-likeness (QED) is 0.712. The Bertz CT molecular complexity index is 943. The Labute approximate surface area is 159 Å². The zero-order chi connectivity index (χ0) is 19.1. The fourth-order valence-electron chi connectivity index (χ4n) is 3.00. The van der Waals surface area contributed by atoms with E-state index in [9.17, 15) is 4.79 Å². The van der Waals surface area contributed by atoms with Gasteiger partial charge in [0.2, 0.25) is 0 Å². The lowest BCUT2D eigenvalue weighted by Gasteiger charge is -2.17. The molecule has 27 heavy (non-hydrogen) atoms. The largest absolute Gasteiger partial charge is 0.328 e. The molecule has 0 bridgehead atoms. The van der Waals surface area contributed by atoms with E-state index in [2.05, 4.69) is 54.7 Å². The average molecular weight is 356 g/mol. The number of aryl methyl sites for hydroxylation is 1. The maximum absolute atomic E-state index is 12.4. The van der Waals surface area contributed by atoms with Crippen molar-refractivity contribution in [3.05, 3.63) is 101 Å². The van der Waals surface area contributed by atoms with Gasteiger partial charge >= 0.3 is 0 Å². The molecule has 4 nitrogen and oxygen atoms in total. The predicted molar refractivity (Wildman–Crippen MR) is 106 cm³/mol. The molecule has 0 aliphatic carbocycles. The Morgan fingerprint density at radius 2 is 1.70 bits per heavy atom. The van der Waals surface area contributed by atoms with Crippen molar-refractivity contribution >= 4 is 11.6 Å². The molecule has 0 aromatic heterocycles. The van der Waals surface area contributed by atoms with E-state index in [1.54, 1.807) is 24.3 Å². The molecule has 3 rings (SSSR count). The fourth-order valence-corrected chi connectivity index (χ4v) is 3.00. The van der Waals surface area contributed by atoms with Crippen molar-refractivity contribution in [2.24, 2.45) is 0 Å². The van der Waals surface area contributed by atoms with Crippen LogP contribution in [0, 0.1) is 18.3 Å². The summed E-state index contributed by atoms with van der Waals surface area (Å²) in [6.45, 7) is 2.35. The maximum atomic E-state index is 12.4. The summed E-state index contributed by atoms with van der Waals surface area (Å²) in [5.74, 6) is -0.0990. The van der Waals surface area contributed by atoms with Crippen LogP contribution in [-0.2, 0) is 4.79 Å². The normalized spacial score (nSPS) is 11.4. The Morgan fingerprint density at radius 3 is 2.41 bits per heavy atom. The van der Waals surface area contributed by atoms with Crippen LogP contribution in [-0.4, -0.2) is 12.5 Å². The summed E-state index contributed by atoms with van der Waals surface area (Å²) in [6, 6.07) is 27.6. The van der Waals surface area contributed by atoms with Gasteiger partial charge in [-0.25, -0.2) is 0 Å². The van der Waals surface area contributed by atoms with Crippen LogP contribution in [0.25, 0.3) is 0 Å². The zero-order valence-electron chi connectivity index (χ0n) is 15.2. The van der Waals surface area contributed by atoms with Crippen LogP contribution < -0.4 is 10.6 Å². The number of benzene rings is 3. The third kappa shape index (κ3) is 5.04. The Kier molecular flexibility index (Phi) is 5.98. The molecule has 0 aliphatic rings. The van der Waals surface area contributed by atoms with Gasteiger partial charge in [-0.1, -0.05) is 66.2 Å². The molecule has 0 fully saturated rings. The highest BCUT2D eigenvalue weighted by Gasteiger charge is 2.18. The summed E-state index contributed by atoms with van der Waals surface area (Å²) in [4.78, 5) is 12.4. The van der Waals surface area contributed by atoms with Crippen LogP contribution in [0.4, 0.5) is 5.69 Å². The van der Waals surface area contributed by atoms with Gasteiger partial charge in [-0.05, 0) is 25.1 Å². The number of nitrogens with two attached hydrogens (primary N) is 1. The minimum absolute atomic E-state index is 0.0444. The molecule has 0 saturated carbocycles. The van der Waals surface area contributed by atoms with Gasteiger partial charge in [-0.2, -0.15) is 5.26 Å². The minimum atomic E-state index is -0.0990. The smallest absolute Gasteiger partial charge is 0.279 e. The van der Waals surface area contributed by atoms with Crippen LogP contribution in [0.3, 0.4) is 0 Å². The summed E-state index contributed by atoms with van der Waals surface area (Å²) in [5, 5.41) is 13.9. The maximum Gasteiger partial charge on any atom is 0.279 e. The minimum Gasteiger partial charge on any atom is -0.328 e. The Morgan fingerprint density at radius 1 is 1.00 bits per heavy atom. The molecule has 0 aliphatic heterocycles. The molecular formula is C23H22N3O+. The third-order valence-corrected chi connectivity index (χ3v) is 4.41. The van der Waals surface area contributed by atoms with Gasteiger partial charge in [0.15, 0.2) is 6.54 Å². The Hall–Kier alpha value is -3.42. The molecule has 0 heterocycles. The summed E-state index contributed by atoms with van der Waals surface area (Å²) >= 11 is 0. The number of carbonyl (C=O) groups excluding carboxylic acids is 1. The van der Waals surface area contributed by atoms with Crippen molar-refractivity contribution in [3.63, 3.8) is 0 Å². The highest BCUT2D eigenvalue weighted by molar-refractivity contribution is 5.91. The summed E-state index contributed by atoms with van der Waals surface area (Å²) in [5.41, 5.74) is 4.69. The number of anilines is 1. The van der Waals surface area contributed by atoms with E-state index < -0.39 is 0 Å². The topological polar surface area (TPSA) is 69.5 Å². The lowest BCUT2D eigenvalue weighted by atomic mass is 9.98. The molecule has 3 aromatic rings. The molecule has 1 atom stereocenters. The Balaban J connectivity index is 1.71. The predicted octanol–water partition coefficient (Wildman–Crippen LogP) is 3.16. The second-order valence-corrected chi connectivity index (χ2v) is 6.48. The molecule has 4 heteroatoms. The van der Waals surface area contributed by atoms with Crippen molar-refractivity contribution in [1.29, 1.82) is 5.26 Å². The van der Waals surface area contributed by atoms with E-state index in [0.29, 0.717) is 11.3 Å². The standard InChI is InChI=1S/C23H21N3O/c1-17-10-12-20(13-11-17)23(19-7-3-2-4-8-19)25-16-22(27)26-21-9-5-6-18(14-21)15-24/h2-14,23,25H,16H2,1H3,(H,26,27)/p+1/t23-/m1/s1. The van der Waals surface area contributed by atoms with Gasteiger partial charge in [-0.3, -0.25) is 4.79 Å². The first-order valence-electron chi connectivity index (χ1n) is 8.90. The number of carbonyl (C=O) groups is 1. The van der Waals surface area contributed by atoms with Gasteiger partial charge in [0, 0.05) is 16.8 Å². The van der Waals surface area contributed by atoms with Gasteiger partial charge in [0.05, 0.1) is 11.6 Å². The highest BCUT2D eigenvalue weighted by atomic mass is 16.1. The van der Waals surface area contributed by atoms with Crippen molar-refractivity contribution < 1.29 is 10.1 Å². The summed E-state index contributed by atoms with van der Waals surface area (Å²) in [7, 11) is 0. The van der Waals surface area contributed by atoms with Gasteiger partial charge in [-0.15, -0.1) is 0 Å². The van der Waals surface area contributed by atoms with Crippen LogP contribution in [0.5, 0.6) is 0 Å². The molecule has 134 valence electrons. The second kappa shape index (κ2) is 8.79. The lowest BCUT2D eigenvalue weighted by molar-refractivity contribution is -0.676. The number of quaternary nitrogens is 1. The van der Waals surface area contributed by atoms with Crippen LogP contribution >= 0.6 is 0 Å². The second-order valence-electron chi connectivity index (χ2n) is 6.48. The first-order valence-corrected chi connectivity index (χ1v) is 8.90. The van der Waals surface area contributed by atoms with Crippen molar-refractivity contribution in [2.45, 2.75) is 13.0 Å². The number of amides is 1. The SMILES string of the molecule is Cc1ccc([C@H]([NH2+]CC(=O)Nc2cccc(C#N)c2)c2ccccc2)cc1. The number of nitrogens with one attached hydrogen (secondary N) is 1. The monoisotopic (exact) mass is 356 g/mol. The van der Waals surface area contributed by atoms with E-state index in [0.717, 1.165) is 11.1 Å². The number of nitrogens with zero attached hydrogens (tertiary/aromatic N) is 1. The first-order chi connectivity index (χ1) is 13.2. The number of rotatable bonds is 6.